The molecule has 0 radical (unpaired) electrons. The molecule has 0 spiro atoms. The molecule has 2 aromatic rings. The zero-order chi connectivity index (χ0) is 19.0. The first-order chi connectivity index (χ1) is 13.0. The Morgan fingerprint density at radius 2 is 2.11 bits per heavy atom. The summed E-state index contributed by atoms with van der Waals surface area (Å²) >= 11 is 1.36. The van der Waals surface area contributed by atoms with Crippen LogP contribution in [0.4, 0.5) is 5.13 Å². The molecule has 0 aliphatic carbocycles. The molecule has 4 rings (SSSR count). The number of amides is 2. The summed E-state index contributed by atoms with van der Waals surface area (Å²) < 4.78 is 10.7. The number of fused-ring (bicyclic) bond motifs is 1. The van der Waals surface area contributed by atoms with Crippen molar-refractivity contribution >= 4 is 28.3 Å². The molecule has 3 heterocycles. The van der Waals surface area contributed by atoms with Crippen LogP contribution in [0.15, 0.2) is 23.6 Å². The zero-order valence-electron chi connectivity index (χ0n) is 15.2. The van der Waals surface area contributed by atoms with Gasteiger partial charge in [-0.3, -0.25) is 9.59 Å². The lowest BCUT2D eigenvalue weighted by atomic mass is 10.0. The van der Waals surface area contributed by atoms with E-state index in [2.05, 4.69) is 10.3 Å². The number of ether oxygens (including phenoxy) is 2. The maximum Gasteiger partial charge on any atom is 0.249 e. The fraction of sp³-hybridized carbons (Fsp3) is 0.421. The number of benzene rings is 1. The van der Waals surface area contributed by atoms with Crippen molar-refractivity contribution < 1.29 is 19.1 Å². The fourth-order valence-electron chi connectivity index (χ4n) is 3.47. The standard InChI is InChI=1S/C19H21N3O4S/c1-11(2)17(22-7-3-4-16(22)23)18(24)21-19-20-13(9-27-19)12-5-6-14-15(8-12)26-10-25-14/h5-6,8-9,11,17H,3-4,7,10H2,1-2H3,(H,20,21,24). The van der Waals surface area contributed by atoms with Gasteiger partial charge in [0.05, 0.1) is 5.69 Å². The van der Waals surface area contributed by atoms with E-state index in [0.717, 1.165) is 23.4 Å². The number of carbonyl (C=O) groups is 2. The first-order valence-electron chi connectivity index (χ1n) is 8.99. The summed E-state index contributed by atoms with van der Waals surface area (Å²) in [6.45, 7) is 4.77. The van der Waals surface area contributed by atoms with Crippen LogP contribution in [-0.2, 0) is 9.59 Å². The number of nitrogens with one attached hydrogen (secondary N) is 1. The van der Waals surface area contributed by atoms with Gasteiger partial charge < -0.3 is 19.7 Å². The van der Waals surface area contributed by atoms with Crippen molar-refractivity contribution in [3.8, 4) is 22.8 Å². The number of nitrogens with zero attached hydrogens (tertiary/aromatic N) is 2. The van der Waals surface area contributed by atoms with Crippen molar-refractivity contribution in [1.82, 2.24) is 9.88 Å². The normalized spacial score (nSPS) is 16.9. The molecule has 27 heavy (non-hydrogen) atoms. The van der Waals surface area contributed by atoms with Gasteiger partial charge in [-0.05, 0) is 30.5 Å². The third-order valence-corrected chi connectivity index (χ3v) is 5.51. The van der Waals surface area contributed by atoms with Crippen LogP contribution in [0.3, 0.4) is 0 Å². The second kappa shape index (κ2) is 7.19. The van der Waals surface area contributed by atoms with Gasteiger partial charge in [-0.2, -0.15) is 0 Å². The molecule has 0 saturated carbocycles. The Balaban J connectivity index is 1.50. The second-order valence-electron chi connectivity index (χ2n) is 6.97. The third-order valence-electron chi connectivity index (χ3n) is 4.75. The predicted octanol–water partition coefficient (Wildman–Crippen LogP) is 3.12. The van der Waals surface area contributed by atoms with Crippen molar-refractivity contribution in [2.75, 3.05) is 18.7 Å². The van der Waals surface area contributed by atoms with E-state index in [9.17, 15) is 9.59 Å². The van der Waals surface area contributed by atoms with Crippen LogP contribution in [-0.4, -0.2) is 41.1 Å². The summed E-state index contributed by atoms with van der Waals surface area (Å²) in [5.41, 5.74) is 1.65. The van der Waals surface area contributed by atoms with E-state index in [4.69, 9.17) is 9.47 Å². The van der Waals surface area contributed by atoms with Crippen molar-refractivity contribution in [3.63, 3.8) is 0 Å². The highest BCUT2D eigenvalue weighted by Crippen LogP contribution is 2.36. The molecular weight excluding hydrogens is 366 g/mol. The minimum absolute atomic E-state index is 0.0281. The van der Waals surface area contributed by atoms with Crippen LogP contribution >= 0.6 is 11.3 Å². The number of carbonyl (C=O) groups excluding carboxylic acids is 2. The second-order valence-corrected chi connectivity index (χ2v) is 7.83. The number of thiazole rings is 1. The van der Waals surface area contributed by atoms with Crippen LogP contribution in [0.2, 0.25) is 0 Å². The van der Waals surface area contributed by atoms with E-state index in [1.807, 2.05) is 37.4 Å². The molecule has 1 unspecified atom stereocenters. The molecule has 2 amide bonds. The average Bonchev–Trinajstić information content (AvgIpc) is 3.36. The highest BCUT2D eigenvalue weighted by Gasteiger charge is 2.35. The molecule has 2 aliphatic heterocycles. The monoisotopic (exact) mass is 387 g/mol. The highest BCUT2D eigenvalue weighted by molar-refractivity contribution is 7.14. The molecule has 1 fully saturated rings. The Kier molecular flexibility index (Phi) is 4.73. The summed E-state index contributed by atoms with van der Waals surface area (Å²) in [7, 11) is 0. The van der Waals surface area contributed by atoms with Gasteiger partial charge in [-0.15, -0.1) is 11.3 Å². The van der Waals surface area contributed by atoms with Crippen LogP contribution < -0.4 is 14.8 Å². The number of rotatable bonds is 5. The van der Waals surface area contributed by atoms with Crippen LogP contribution in [0.1, 0.15) is 26.7 Å². The molecule has 142 valence electrons. The average molecular weight is 387 g/mol. The Morgan fingerprint density at radius 3 is 2.85 bits per heavy atom. The molecule has 7 nitrogen and oxygen atoms in total. The molecule has 1 atom stereocenters. The minimum atomic E-state index is -0.474. The van der Waals surface area contributed by atoms with E-state index in [-0.39, 0.29) is 24.5 Å². The molecule has 2 aliphatic rings. The lowest BCUT2D eigenvalue weighted by molar-refractivity contribution is -0.136. The molecule has 0 bridgehead atoms. The van der Waals surface area contributed by atoms with E-state index >= 15 is 0 Å². The van der Waals surface area contributed by atoms with Crippen molar-refractivity contribution in [2.45, 2.75) is 32.7 Å². The molecule has 1 aromatic heterocycles. The first-order valence-corrected chi connectivity index (χ1v) is 9.87. The quantitative estimate of drug-likeness (QED) is 0.853. The van der Waals surface area contributed by atoms with Gasteiger partial charge in [0.1, 0.15) is 6.04 Å². The largest absolute Gasteiger partial charge is 0.454 e. The summed E-state index contributed by atoms with van der Waals surface area (Å²) in [5.74, 6) is 1.30. The van der Waals surface area contributed by atoms with Crippen LogP contribution in [0, 0.1) is 5.92 Å². The van der Waals surface area contributed by atoms with Crippen molar-refractivity contribution in [1.29, 1.82) is 0 Å². The Morgan fingerprint density at radius 1 is 1.30 bits per heavy atom. The Labute approximate surface area is 161 Å². The SMILES string of the molecule is CC(C)C(C(=O)Nc1nc(-c2ccc3c(c2)OCO3)cs1)N1CCCC1=O. The Bertz CT molecular complexity index is 880. The number of hydrogen-bond donors (Lipinski definition) is 1. The summed E-state index contributed by atoms with van der Waals surface area (Å²) in [6.07, 6.45) is 1.32. The summed E-state index contributed by atoms with van der Waals surface area (Å²) in [4.78, 5) is 31.1. The maximum absolute atomic E-state index is 12.8. The lowest BCUT2D eigenvalue weighted by Gasteiger charge is -2.29. The van der Waals surface area contributed by atoms with Gasteiger partial charge in [0, 0.05) is 23.9 Å². The van der Waals surface area contributed by atoms with Crippen LogP contribution in [0.5, 0.6) is 11.5 Å². The number of likely N-dealkylation sites (tertiary alicyclic amines) is 1. The molecule has 1 saturated heterocycles. The number of anilines is 1. The number of aromatic nitrogens is 1. The van der Waals surface area contributed by atoms with E-state index in [1.165, 1.54) is 11.3 Å². The smallest absolute Gasteiger partial charge is 0.249 e. The van der Waals surface area contributed by atoms with Crippen molar-refractivity contribution in [2.24, 2.45) is 5.92 Å². The van der Waals surface area contributed by atoms with E-state index in [1.54, 1.807) is 4.90 Å². The lowest BCUT2D eigenvalue weighted by Crippen LogP contribution is -2.47. The maximum atomic E-state index is 12.8. The molecule has 1 N–H and O–H groups in total. The van der Waals surface area contributed by atoms with Gasteiger partial charge >= 0.3 is 0 Å². The predicted molar refractivity (Wildman–Crippen MR) is 102 cm³/mol. The fourth-order valence-corrected chi connectivity index (χ4v) is 4.19. The topological polar surface area (TPSA) is 80.8 Å². The Hall–Kier alpha value is -2.61. The molecular formula is C19H21N3O4S. The van der Waals surface area contributed by atoms with Gasteiger partial charge in [0.15, 0.2) is 16.6 Å². The summed E-state index contributed by atoms with van der Waals surface area (Å²) in [5, 5.41) is 5.29. The van der Waals surface area contributed by atoms with Gasteiger partial charge in [-0.25, -0.2) is 4.98 Å². The minimum Gasteiger partial charge on any atom is -0.454 e. The van der Waals surface area contributed by atoms with E-state index in [0.29, 0.717) is 23.8 Å². The van der Waals surface area contributed by atoms with Gasteiger partial charge in [0.2, 0.25) is 18.6 Å². The number of hydrogen-bond acceptors (Lipinski definition) is 6. The molecule has 8 heteroatoms. The first kappa shape index (κ1) is 17.8. The van der Waals surface area contributed by atoms with Crippen LogP contribution in [0.25, 0.3) is 11.3 Å². The highest BCUT2D eigenvalue weighted by atomic mass is 32.1. The van der Waals surface area contributed by atoms with E-state index < -0.39 is 6.04 Å². The van der Waals surface area contributed by atoms with Crippen molar-refractivity contribution in [3.05, 3.63) is 23.6 Å². The zero-order valence-corrected chi connectivity index (χ0v) is 16.0. The molecule has 1 aromatic carbocycles. The third kappa shape index (κ3) is 3.49. The van der Waals surface area contributed by atoms with Gasteiger partial charge in [0.25, 0.3) is 0 Å². The summed E-state index contributed by atoms with van der Waals surface area (Å²) in [6, 6.07) is 5.16. The van der Waals surface area contributed by atoms with Gasteiger partial charge in [-0.1, -0.05) is 13.8 Å².